The van der Waals surface area contributed by atoms with Crippen LogP contribution in [0.5, 0.6) is 5.88 Å². The molecule has 2 amide bonds. The number of aliphatic carboxylic acids is 1. The Hall–Kier alpha value is -2.90. The number of carboxylic acids is 1. The van der Waals surface area contributed by atoms with Gasteiger partial charge in [0.1, 0.15) is 12.3 Å². The van der Waals surface area contributed by atoms with Crippen LogP contribution in [0.25, 0.3) is 0 Å². The molecule has 0 spiro atoms. The number of carboxylic acid groups (broad SMARTS) is 1. The second kappa shape index (κ2) is 13.4. The fourth-order valence-corrected chi connectivity index (χ4v) is 2.55. The lowest BCUT2D eigenvalue weighted by molar-refractivity contribution is -0.139. The van der Waals surface area contributed by atoms with Crippen LogP contribution in [0.15, 0.2) is 10.6 Å². The van der Waals surface area contributed by atoms with Gasteiger partial charge in [0.25, 0.3) is 11.8 Å². The van der Waals surface area contributed by atoms with Crippen LogP contribution < -0.4 is 31.3 Å². The molecule has 2 rings (SSSR count). The SMILES string of the molecule is CCCCOC(=O)NC(CNC(=O)c1cc(OCCCNC2NCCN2)no1)C(=O)O. The molecule has 1 aliphatic heterocycles. The van der Waals surface area contributed by atoms with Crippen molar-refractivity contribution < 1.29 is 33.5 Å². The summed E-state index contributed by atoms with van der Waals surface area (Å²) in [7, 11) is 0. The zero-order valence-corrected chi connectivity index (χ0v) is 17.4. The Labute approximate surface area is 179 Å². The van der Waals surface area contributed by atoms with E-state index in [1.165, 1.54) is 6.07 Å². The van der Waals surface area contributed by atoms with Crippen molar-refractivity contribution in [2.45, 2.75) is 38.5 Å². The van der Waals surface area contributed by atoms with E-state index >= 15 is 0 Å². The molecule has 1 aromatic rings. The van der Waals surface area contributed by atoms with E-state index in [0.29, 0.717) is 19.4 Å². The van der Waals surface area contributed by atoms with Crippen LogP contribution >= 0.6 is 0 Å². The summed E-state index contributed by atoms with van der Waals surface area (Å²) in [5.41, 5.74) is 0. The van der Waals surface area contributed by atoms with Crippen LogP contribution in [0.4, 0.5) is 4.79 Å². The second-order valence-electron chi connectivity index (χ2n) is 6.76. The summed E-state index contributed by atoms with van der Waals surface area (Å²) in [5.74, 6) is -1.99. The van der Waals surface area contributed by atoms with E-state index in [4.69, 9.17) is 14.0 Å². The largest absolute Gasteiger partial charge is 0.480 e. The number of ether oxygens (including phenoxy) is 2. The molecule has 1 fully saturated rings. The highest BCUT2D eigenvalue weighted by atomic mass is 16.5. The molecule has 0 saturated carbocycles. The Morgan fingerprint density at radius 2 is 2.06 bits per heavy atom. The van der Waals surface area contributed by atoms with Gasteiger partial charge in [-0.05, 0) is 18.0 Å². The number of aromatic nitrogens is 1. The van der Waals surface area contributed by atoms with Gasteiger partial charge in [-0.2, -0.15) is 0 Å². The Morgan fingerprint density at radius 3 is 2.77 bits per heavy atom. The molecule has 174 valence electrons. The van der Waals surface area contributed by atoms with Crippen LogP contribution in [0.2, 0.25) is 0 Å². The van der Waals surface area contributed by atoms with Gasteiger partial charge < -0.3 is 29.7 Å². The van der Waals surface area contributed by atoms with E-state index in [1.807, 2.05) is 6.92 Å². The third-order valence-corrected chi connectivity index (χ3v) is 4.24. The number of nitrogens with zero attached hydrogens (tertiary/aromatic N) is 1. The molecule has 1 atom stereocenters. The number of carbonyl (C=O) groups excluding carboxylic acids is 2. The average Bonchev–Trinajstić information content (AvgIpc) is 3.43. The molecular weight excluding hydrogens is 412 g/mol. The molecule has 0 radical (unpaired) electrons. The van der Waals surface area contributed by atoms with Crippen molar-refractivity contribution in [2.24, 2.45) is 0 Å². The van der Waals surface area contributed by atoms with Gasteiger partial charge in [-0.25, -0.2) is 9.59 Å². The van der Waals surface area contributed by atoms with E-state index in [2.05, 4.69) is 31.7 Å². The van der Waals surface area contributed by atoms with Gasteiger partial charge in [-0.15, -0.1) is 0 Å². The fraction of sp³-hybridized carbons (Fsp3) is 0.667. The third-order valence-electron chi connectivity index (χ3n) is 4.24. The summed E-state index contributed by atoms with van der Waals surface area (Å²) in [4.78, 5) is 35.0. The van der Waals surface area contributed by atoms with E-state index in [0.717, 1.165) is 26.1 Å². The normalized spacial score (nSPS) is 14.7. The summed E-state index contributed by atoms with van der Waals surface area (Å²) in [6.45, 7) is 4.70. The molecule has 1 unspecified atom stereocenters. The summed E-state index contributed by atoms with van der Waals surface area (Å²) in [6, 6.07) is -0.0431. The van der Waals surface area contributed by atoms with Crippen molar-refractivity contribution in [3.63, 3.8) is 0 Å². The molecule has 1 saturated heterocycles. The minimum atomic E-state index is -1.35. The lowest BCUT2D eigenvalue weighted by Crippen LogP contribution is -2.48. The lowest BCUT2D eigenvalue weighted by Gasteiger charge is -2.14. The van der Waals surface area contributed by atoms with Crippen LogP contribution in [0, 0.1) is 0 Å². The molecule has 0 aliphatic carbocycles. The first-order chi connectivity index (χ1) is 15.0. The Morgan fingerprint density at radius 1 is 1.29 bits per heavy atom. The standard InChI is InChI=1S/C18H30N6O7/c1-2-3-8-30-18(28)23-12(16(26)27)11-22-15(25)13-10-14(24-31-13)29-9-4-5-19-17-20-6-7-21-17/h10,12,17,19-21H,2-9,11H2,1H3,(H,22,25)(H,23,28)(H,26,27). The predicted octanol–water partition coefficient (Wildman–Crippen LogP) is -0.781. The van der Waals surface area contributed by atoms with Crippen LogP contribution in [0.3, 0.4) is 0 Å². The van der Waals surface area contributed by atoms with E-state index in [-0.39, 0.29) is 31.1 Å². The monoisotopic (exact) mass is 442 g/mol. The van der Waals surface area contributed by atoms with Gasteiger partial charge in [0.15, 0.2) is 0 Å². The van der Waals surface area contributed by atoms with Crippen molar-refractivity contribution in [3.05, 3.63) is 11.8 Å². The zero-order chi connectivity index (χ0) is 22.5. The lowest BCUT2D eigenvalue weighted by atomic mass is 10.3. The van der Waals surface area contributed by atoms with Gasteiger partial charge in [0.2, 0.25) is 5.76 Å². The van der Waals surface area contributed by atoms with Gasteiger partial charge in [-0.3, -0.25) is 20.7 Å². The Bertz CT molecular complexity index is 707. The number of rotatable bonds is 14. The van der Waals surface area contributed by atoms with Gasteiger partial charge in [-0.1, -0.05) is 13.3 Å². The van der Waals surface area contributed by atoms with Gasteiger partial charge in [0, 0.05) is 26.2 Å². The number of alkyl carbamates (subject to hydrolysis) is 1. The zero-order valence-electron chi connectivity index (χ0n) is 17.4. The highest BCUT2D eigenvalue weighted by molar-refractivity contribution is 5.92. The Balaban J connectivity index is 1.67. The van der Waals surface area contributed by atoms with E-state index < -0.39 is 24.0 Å². The maximum atomic E-state index is 12.1. The van der Waals surface area contributed by atoms with Crippen molar-refractivity contribution in [1.82, 2.24) is 31.7 Å². The number of hydrogen-bond acceptors (Lipinski definition) is 10. The minimum absolute atomic E-state index is 0.102. The summed E-state index contributed by atoms with van der Waals surface area (Å²) < 4.78 is 15.2. The second-order valence-corrected chi connectivity index (χ2v) is 6.76. The predicted molar refractivity (Wildman–Crippen MR) is 108 cm³/mol. The molecule has 13 heteroatoms. The summed E-state index contributed by atoms with van der Waals surface area (Å²) in [5, 5.41) is 27.1. The first-order valence-corrected chi connectivity index (χ1v) is 10.2. The molecule has 1 aliphatic rings. The highest BCUT2D eigenvalue weighted by Crippen LogP contribution is 2.11. The van der Waals surface area contributed by atoms with Crippen molar-refractivity contribution >= 4 is 18.0 Å². The summed E-state index contributed by atoms with van der Waals surface area (Å²) >= 11 is 0. The van der Waals surface area contributed by atoms with Gasteiger partial charge >= 0.3 is 12.1 Å². The topological polar surface area (TPSA) is 176 Å². The van der Waals surface area contributed by atoms with Crippen LogP contribution in [0.1, 0.15) is 36.7 Å². The molecule has 13 nitrogen and oxygen atoms in total. The third kappa shape index (κ3) is 9.19. The van der Waals surface area contributed by atoms with Crippen molar-refractivity contribution in [1.29, 1.82) is 0 Å². The number of carbonyl (C=O) groups is 3. The highest BCUT2D eigenvalue weighted by Gasteiger charge is 2.23. The fourth-order valence-electron chi connectivity index (χ4n) is 2.55. The average molecular weight is 442 g/mol. The maximum Gasteiger partial charge on any atom is 0.407 e. The number of nitrogens with one attached hydrogen (secondary N) is 5. The minimum Gasteiger partial charge on any atom is -0.480 e. The summed E-state index contributed by atoms with van der Waals surface area (Å²) in [6.07, 6.45) is 1.46. The number of amides is 2. The first kappa shape index (κ1) is 24.4. The maximum absolute atomic E-state index is 12.1. The van der Waals surface area contributed by atoms with Crippen molar-refractivity contribution in [3.8, 4) is 5.88 Å². The molecule has 31 heavy (non-hydrogen) atoms. The molecule has 1 aromatic heterocycles. The number of hydrogen-bond donors (Lipinski definition) is 6. The molecule has 0 bridgehead atoms. The molecule has 2 heterocycles. The number of unbranched alkanes of at least 4 members (excludes halogenated alkanes) is 1. The molecular formula is C18H30N6O7. The van der Waals surface area contributed by atoms with E-state index in [1.54, 1.807) is 0 Å². The van der Waals surface area contributed by atoms with Crippen molar-refractivity contribution in [2.75, 3.05) is 39.4 Å². The molecule has 0 aromatic carbocycles. The van der Waals surface area contributed by atoms with Crippen LogP contribution in [-0.4, -0.2) is 80.0 Å². The quantitative estimate of drug-likeness (QED) is 0.199. The smallest absolute Gasteiger partial charge is 0.407 e. The molecule has 6 N–H and O–H groups in total. The van der Waals surface area contributed by atoms with Gasteiger partial charge in [0.05, 0.1) is 19.3 Å². The first-order valence-electron chi connectivity index (χ1n) is 10.2. The van der Waals surface area contributed by atoms with E-state index in [9.17, 15) is 19.5 Å². The Kier molecular flexibility index (Phi) is 10.5. The van der Waals surface area contributed by atoms with Crippen LogP contribution in [-0.2, 0) is 9.53 Å².